The van der Waals surface area contributed by atoms with E-state index in [1.165, 1.54) is 12.1 Å². The Kier molecular flexibility index (Phi) is 2.56. The molecule has 1 saturated heterocycles. The van der Waals surface area contributed by atoms with E-state index < -0.39 is 0 Å². The average Bonchev–Trinajstić information content (AvgIpc) is 2.08. The minimum absolute atomic E-state index is 0.557. The Hall–Kier alpha value is -0.540. The van der Waals surface area contributed by atoms with Gasteiger partial charge in [0.1, 0.15) is 0 Å². The Balaban J connectivity index is 2.12. The van der Waals surface area contributed by atoms with Gasteiger partial charge in [0.15, 0.2) is 0 Å². The van der Waals surface area contributed by atoms with Gasteiger partial charge in [-0.05, 0) is 30.7 Å². The molecule has 0 spiro atoms. The molecule has 2 N–H and O–H groups in total. The normalized spacial score (nSPS) is 21.4. The summed E-state index contributed by atoms with van der Waals surface area (Å²) in [5, 5.41) is 0. The second-order valence-corrected chi connectivity index (χ2v) is 4.26. The first-order valence-electron chi connectivity index (χ1n) is 4.53. The Morgan fingerprint density at radius 2 is 2.08 bits per heavy atom. The van der Waals surface area contributed by atoms with Crippen molar-refractivity contribution in [2.24, 2.45) is 5.73 Å². The van der Waals surface area contributed by atoms with E-state index in [4.69, 9.17) is 5.73 Å². The molecule has 0 aromatic heterocycles. The number of anilines is 1. The lowest BCUT2D eigenvalue weighted by molar-refractivity contribution is 0.456. The van der Waals surface area contributed by atoms with E-state index in [0.29, 0.717) is 6.04 Å². The molecule has 1 aromatic rings. The van der Waals surface area contributed by atoms with Gasteiger partial charge in [-0.3, -0.25) is 0 Å². The maximum Gasteiger partial charge on any atom is 0.0429 e. The summed E-state index contributed by atoms with van der Waals surface area (Å²) in [5.74, 6) is 0. The van der Waals surface area contributed by atoms with E-state index in [-0.39, 0.29) is 0 Å². The van der Waals surface area contributed by atoms with Crippen LogP contribution in [0.15, 0.2) is 28.7 Å². The molecular weight excluding hydrogens is 228 g/mol. The molecule has 70 valence electrons. The van der Waals surface area contributed by atoms with Crippen LogP contribution in [-0.2, 0) is 0 Å². The summed E-state index contributed by atoms with van der Waals surface area (Å²) in [6.45, 7) is 1.90. The smallest absolute Gasteiger partial charge is 0.0429 e. The predicted molar refractivity (Wildman–Crippen MR) is 58.9 cm³/mol. The highest BCUT2D eigenvalue weighted by molar-refractivity contribution is 9.10. The molecule has 1 aliphatic rings. The number of benzene rings is 1. The van der Waals surface area contributed by atoms with Gasteiger partial charge in [-0.2, -0.15) is 0 Å². The number of nitrogens with two attached hydrogens (primary N) is 1. The van der Waals surface area contributed by atoms with E-state index in [9.17, 15) is 0 Å². The first-order valence-corrected chi connectivity index (χ1v) is 5.33. The lowest BCUT2D eigenvalue weighted by Gasteiger charge is -2.42. The van der Waals surface area contributed by atoms with E-state index >= 15 is 0 Å². The molecule has 1 atom stereocenters. The first-order chi connectivity index (χ1) is 6.31. The Labute approximate surface area is 86.9 Å². The molecular formula is C10H13BrN2. The van der Waals surface area contributed by atoms with Crippen LogP contribution in [0.1, 0.15) is 6.42 Å². The molecule has 1 aliphatic heterocycles. The molecule has 1 unspecified atom stereocenters. The van der Waals surface area contributed by atoms with Crippen molar-refractivity contribution in [3.63, 3.8) is 0 Å². The zero-order valence-electron chi connectivity index (χ0n) is 7.41. The fourth-order valence-electron chi connectivity index (χ4n) is 1.66. The van der Waals surface area contributed by atoms with Crippen molar-refractivity contribution < 1.29 is 0 Å². The fourth-order valence-corrected chi connectivity index (χ4v) is 1.92. The summed E-state index contributed by atoms with van der Waals surface area (Å²) < 4.78 is 1.13. The summed E-state index contributed by atoms with van der Waals surface area (Å²) in [5.41, 5.74) is 6.92. The van der Waals surface area contributed by atoms with E-state index in [1.807, 2.05) is 0 Å². The maximum atomic E-state index is 5.64. The fraction of sp³-hybridized carbons (Fsp3) is 0.400. The molecule has 1 aromatic carbocycles. The third-order valence-electron chi connectivity index (χ3n) is 2.57. The van der Waals surface area contributed by atoms with E-state index in [0.717, 1.165) is 17.6 Å². The van der Waals surface area contributed by atoms with Crippen LogP contribution in [0.25, 0.3) is 0 Å². The van der Waals surface area contributed by atoms with Crippen LogP contribution in [0.4, 0.5) is 5.69 Å². The molecule has 1 fully saturated rings. The molecule has 0 radical (unpaired) electrons. The number of rotatable bonds is 2. The Bertz CT molecular complexity index is 281. The van der Waals surface area contributed by atoms with Gasteiger partial charge in [0, 0.05) is 29.3 Å². The molecule has 3 heteroatoms. The SMILES string of the molecule is NCC1CCN1c1ccc(Br)cc1. The van der Waals surface area contributed by atoms with Crippen LogP contribution >= 0.6 is 15.9 Å². The van der Waals surface area contributed by atoms with Crippen LogP contribution < -0.4 is 10.6 Å². The Morgan fingerprint density at radius 1 is 1.38 bits per heavy atom. The molecule has 0 bridgehead atoms. The van der Waals surface area contributed by atoms with Gasteiger partial charge in [0.05, 0.1) is 0 Å². The monoisotopic (exact) mass is 240 g/mol. The average molecular weight is 241 g/mol. The van der Waals surface area contributed by atoms with Gasteiger partial charge >= 0.3 is 0 Å². The Morgan fingerprint density at radius 3 is 2.54 bits per heavy atom. The summed E-state index contributed by atoms with van der Waals surface area (Å²) >= 11 is 3.42. The van der Waals surface area contributed by atoms with Gasteiger partial charge in [0.2, 0.25) is 0 Å². The van der Waals surface area contributed by atoms with Crippen molar-refractivity contribution in [1.29, 1.82) is 0 Å². The van der Waals surface area contributed by atoms with Crippen LogP contribution in [0.2, 0.25) is 0 Å². The summed E-state index contributed by atoms with van der Waals surface area (Å²) in [4.78, 5) is 2.35. The van der Waals surface area contributed by atoms with Gasteiger partial charge < -0.3 is 10.6 Å². The van der Waals surface area contributed by atoms with E-state index in [1.54, 1.807) is 0 Å². The number of hydrogen-bond donors (Lipinski definition) is 1. The zero-order valence-corrected chi connectivity index (χ0v) is 9.00. The van der Waals surface area contributed by atoms with Crippen LogP contribution in [0.5, 0.6) is 0 Å². The van der Waals surface area contributed by atoms with Gasteiger partial charge in [-0.15, -0.1) is 0 Å². The van der Waals surface area contributed by atoms with Crippen LogP contribution in [0, 0.1) is 0 Å². The molecule has 0 amide bonds. The second-order valence-electron chi connectivity index (χ2n) is 3.35. The molecule has 0 saturated carbocycles. The first kappa shape index (κ1) is 9.03. The molecule has 2 nitrogen and oxygen atoms in total. The molecule has 0 aliphatic carbocycles. The van der Waals surface area contributed by atoms with Crippen LogP contribution in [0.3, 0.4) is 0 Å². The van der Waals surface area contributed by atoms with Crippen molar-refractivity contribution in [3.8, 4) is 0 Å². The van der Waals surface area contributed by atoms with Crippen molar-refractivity contribution in [3.05, 3.63) is 28.7 Å². The molecule has 1 heterocycles. The van der Waals surface area contributed by atoms with Crippen molar-refractivity contribution in [2.75, 3.05) is 18.0 Å². The number of hydrogen-bond acceptors (Lipinski definition) is 2. The third kappa shape index (κ3) is 1.71. The highest BCUT2D eigenvalue weighted by atomic mass is 79.9. The summed E-state index contributed by atoms with van der Waals surface area (Å²) in [6, 6.07) is 8.96. The van der Waals surface area contributed by atoms with E-state index in [2.05, 4.69) is 45.1 Å². The largest absolute Gasteiger partial charge is 0.367 e. The van der Waals surface area contributed by atoms with Crippen molar-refractivity contribution in [2.45, 2.75) is 12.5 Å². The lowest BCUT2D eigenvalue weighted by Crippen LogP contribution is -2.51. The highest BCUT2D eigenvalue weighted by Crippen LogP contribution is 2.26. The van der Waals surface area contributed by atoms with Crippen LogP contribution in [-0.4, -0.2) is 19.1 Å². The zero-order chi connectivity index (χ0) is 9.26. The maximum absolute atomic E-state index is 5.64. The number of halogens is 1. The third-order valence-corrected chi connectivity index (χ3v) is 3.10. The summed E-state index contributed by atoms with van der Waals surface area (Å²) in [6.07, 6.45) is 1.23. The van der Waals surface area contributed by atoms with Gasteiger partial charge in [-0.25, -0.2) is 0 Å². The minimum atomic E-state index is 0.557. The van der Waals surface area contributed by atoms with Crippen molar-refractivity contribution in [1.82, 2.24) is 0 Å². The minimum Gasteiger partial charge on any atom is -0.367 e. The number of nitrogens with zero attached hydrogens (tertiary/aromatic N) is 1. The predicted octanol–water partition coefficient (Wildman–Crippen LogP) is 1.99. The summed E-state index contributed by atoms with van der Waals surface area (Å²) in [7, 11) is 0. The second kappa shape index (κ2) is 3.68. The van der Waals surface area contributed by atoms with Crippen molar-refractivity contribution >= 4 is 21.6 Å². The lowest BCUT2D eigenvalue weighted by atomic mass is 10.0. The standard InChI is InChI=1S/C10H13BrN2/c11-8-1-3-9(4-2-8)13-6-5-10(13)7-12/h1-4,10H,5-7,12H2. The molecule has 2 rings (SSSR count). The molecule has 13 heavy (non-hydrogen) atoms. The van der Waals surface area contributed by atoms with Gasteiger partial charge in [-0.1, -0.05) is 15.9 Å². The highest BCUT2D eigenvalue weighted by Gasteiger charge is 2.26. The van der Waals surface area contributed by atoms with Gasteiger partial charge in [0.25, 0.3) is 0 Å². The quantitative estimate of drug-likeness (QED) is 0.857. The topological polar surface area (TPSA) is 29.3 Å².